The molecule has 0 amide bonds. The predicted octanol–water partition coefficient (Wildman–Crippen LogP) is 3.54. The van der Waals surface area contributed by atoms with Crippen LogP contribution in [0.3, 0.4) is 0 Å². The summed E-state index contributed by atoms with van der Waals surface area (Å²) in [5.41, 5.74) is 2.52. The normalized spacial score (nSPS) is 19.2. The highest BCUT2D eigenvalue weighted by atomic mass is 16.6. The van der Waals surface area contributed by atoms with Crippen LogP contribution in [-0.2, 0) is 6.54 Å². The number of nitrogens with zero attached hydrogens (tertiary/aromatic N) is 1. The minimum Gasteiger partial charge on any atom is -0.496 e. The van der Waals surface area contributed by atoms with E-state index < -0.39 is 5.97 Å². The Kier molecular flexibility index (Phi) is 5.39. The Bertz CT molecular complexity index is 866. The van der Waals surface area contributed by atoms with Crippen molar-refractivity contribution in [2.75, 3.05) is 33.4 Å². The Morgan fingerprint density at radius 2 is 2.00 bits per heavy atom. The van der Waals surface area contributed by atoms with Crippen molar-refractivity contribution in [3.8, 4) is 17.2 Å². The quantitative estimate of drug-likeness (QED) is 0.852. The summed E-state index contributed by atoms with van der Waals surface area (Å²) in [7, 11) is 1.67. The van der Waals surface area contributed by atoms with Crippen LogP contribution < -0.4 is 14.2 Å². The topological polar surface area (TPSA) is 68.2 Å². The van der Waals surface area contributed by atoms with Crippen LogP contribution >= 0.6 is 0 Å². The van der Waals surface area contributed by atoms with Crippen molar-refractivity contribution in [2.24, 2.45) is 0 Å². The number of ether oxygens (including phenoxy) is 3. The Hall–Kier alpha value is -2.73. The number of rotatable bonds is 5. The van der Waals surface area contributed by atoms with Crippen molar-refractivity contribution in [3.63, 3.8) is 0 Å². The first kappa shape index (κ1) is 18.6. The lowest BCUT2D eigenvalue weighted by Gasteiger charge is -2.33. The van der Waals surface area contributed by atoms with E-state index in [4.69, 9.17) is 14.2 Å². The third-order valence-corrected chi connectivity index (χ3v) is 5.45. The van der Waals surface area contributed by atoms with Gasteiger partial charge in [0.2, 0.25) is 0 Å². The van der Waals surface area contributed by atoms with Crippen molar-refractivity contribution in [2.45, 2.75) is 25.3 Å². The number of carbonyl (C=O) groups is 1. The zero-order chi connectivity index (χ0) is 19.5. The molecule has 2 aliphatic rings. The summed E-state index contributed by atoms with van der Waals surface area (Å²) < 4.78 is 17.0. The van der Waals surface area contributed by atoms with Gasteiger partial charge in [-0.3, -0.25) is 4.90 Å². The first-order valence-electron chi connectivity index (χ1n) is 9.66. The molecule has 1 saturated heterocycles. The van der Waals surface area contributed by atoms with E-state index in [2.05, 4.69) is 4.90 Å². The first-order chi connectivity index (χ1) is 13.6. The molecule has 28 heavy (non-hydrogen) atoms. The van der Waals surface area contributed by atoms with Gasteiger partial charge >= 0.3 is 5.97 Å². The highest BCUT2D eigenvalue weighted by molar-refractivity contribution is 5.87. The van der Waals surface area contributed by atoms with Crippen LogP contribution in [-0.4, -0.2) is 49.4 Å². The number of benzene rings is 2. The molecule has 0 aliphatic carbocycles. The number of aromatic carboxylic acids is 1. The van der Waals surface area contributed by atoms with E-state index in [0.29, 0.717) is 24.7 Å². The summed E-state index contributed by atoms with van der Waals surface area (Å²) in [6, 6.07) is 11.2. The third kappa shape index (κ3) is 3.92. The van der Waals surface area contributed by atoms with Gasteiger partial charge in [-0.2, -0.15) is 0 Å². The van der Waals surface area contributed by atoms with E-state index in [1.807, 2.05) is 24.3 Å². The number of hydrogen-bond acceptors (Lipinski definition) is 5. The number of carboxylic acid groups (broad SMARTS) is 1. The van der Waals surface area contributed by atoms with E-state index in [-0.39, 0.29) is 0 Å². The molecule has 0 aromatic heterocycles. The molecular formula is C22H25NO5. The zero-order valence-corrected chi connectivity index (χ0v) is 16.0. The van der Waals surface area contributed by atoms with Crippen LogP contribution in [0.2, 0.25) is 0 Å². The van der Waals surface area contributed by atoms with Crippen molar-refractivity contribution < 1.29 is 24.1 Å². The molecule has 6 nitrogen and oxygen atoms in total. The highest BCUT2D eigenvalue weighted by Crippen LogP contribution is 2.38. The Morgan fingerprint density at radius 3 is 2.75 bits per heavy atom. The molecule has 0 unspecified atom stereocenters. The summed E-state index contributed by atoms with van der Waals surface area (Å²) in [4.78, 5) is 13.7. The molecule has 4 rings (SSSR count). The van der Waals surface area contributed by atoms with Gasteiger partial charge in [0, 0.05) is 24.7 Å². The Morgan fingerprint density at radius 1 is 1.21 bits per heavy atom. The van der Waals surface area contributed by atoms with Crippen molar-refractivity contribution >= 4 is 5.97 Å². The van der Waals surface area contributed by atoms with Gasteiger partial charge < -0.3 is 19.3 Å². The minimum atomic E-state index is -0.879. The van der Waals surface area contributed by atoms with Gasteiger partial charge in [-0.1, -0.05) is 12.1 Å². The SMILES string of the molecule is COc1cc2c(cc1CN1CCC[C@@H](c3cccc(C(=O)O)c3)C1)OCCO2. The predicted molar refractivity (Wildman–Crippen MR) is 105 cm³/mol. The summed E-state index contributed by atoms with van der Waals surface area (Å²) in [6.45, 7) is 3.77. The Labute approximate surface area is 164 Å². The van der Waals surface area contributed by atoms with E-state index in [0.717, 1.165) is 60.9 Å². The number of carboxylic acids is 1. The summed E-state index contributed by atoms with van der Waals surface area (Å²) in [6.07, 6.45) is 2.15. The summed E-state index contributed by atoms with van der Waals surface area (Å²) in [5.74, 6) is 1.75. The summed E-state index contributed by atoms with van der Waals surface area (Å²) >= 11 is 0. The lowest BCUT2D eigenvalue weighted by Crippen LogP contribution is -2.34. The van der Waals surface area contributed by atoms with E-state index >= 15 is 0 Å². The van der Waals surface area contributed by atoms with Gasteiger partial charge in [-0.05, 0) is 49.1 Å². The smallest absolute Gasteiger partial charge is 0.335 e. The van der Waals surface area contributed by atoms with Gasteiger partial charge in [-0.25, -0.2) is 4.79 Å². The first-order valence-corrected chi connectivity index (χ1v) is 9.66. The second-order valence-electron chi connectivity index (χ2n) is 7.31. The van der Waals surface area contributed by atoms with Crippen molar-refractivity contribution in [3.05, 3.63) is 53.1 Å². The Balaban J connectivity index is 1.51. The lowest BCUT2D eigenvalue weighted by atomic mass is 9.89. The second-order valence-corrected chi connectivity index (χ2v) is 7.31. The molecule has 0 radical (unpaired) electrons. The van der Waals surface area contributed by atoms with Crippen LogP contribution in [0.4, 0.5) is 0 Å². The number of piperidine rings is 1. The van der Waals surface area contributed by atoms with Gasteiger partial charge in [0.1, 0.15) is 19.0 Å². The maximum atomic E-state index is 11.3. The average molecular weight is 383 g/mol. The largest absolute Gasteiger partial charge is 0.496 e. The number of hydrogen-bond donors (Lipinski definition) is 1. The van der Waals surface area contributed by atoms with Crippen LogP contribution in [0, 0.1) is 0 Å². The maximum absolute atomic E-state index is 11.3. The number of likely N-dealkylation sites (tertiary alicyclic amines) is 1. The van der Waals surface area contributed by atoms with Crippen LogP contribution in [0.1, 0.15) is 40.2 Å². The lowest BCUT2D eigenvalue weighted by molar-refractivity contribution is 0.0696. The molecule has 2 aromatic rings. The minimum absolute atomic E-state index is 0.330. The van der Waals surface area contributed by atoms with Crippen molar-refractivity contribution in [1.82, 2.24) is 4.90 Å². The van der Waals surface area contributed by atoms with E-state index in [1.165, 1.54) is 0 Å². The highest BCUT2D eigenvalue weighted by Gasteiger charge is 2.24. The van der Waals surface area contributed by atoms with Gasteiger partial charge in [0.25, 0.3) is 0 Å². The van der Waals surface area contributed by atoms with Gasteiger partial charge in [-0.15, -0.1) is 0 Å². The molecule has 2 heterocycles. The monoisotopic (exact) mass is 383 g/mol. The molecule has 1 fully saturated rings. The van der Waals surface area contributed by atoms with Gasteiger partial charge in [0.05, 0.1) is 12.7 Å². The van der Waals surface area contributed by atoms with E-state index in [1.54, 1.807) is 19.2 Å². The molecular weight excluding hydrogens is 358 g/mol. The molecule has 1 atom stereocenters. The van der Waals surface area contributed by atoms with Crippen molar-refractivity contribution in [1.29, 1.82) is 0 Å². The van der Waals surface area contributed by atoms with Crippen LogP contribution in [0.25, 0.3) is 0 Å². The number of fused-ring (bicyclic) bond motifs is 1. The fraction of sp³-hybridized carbons (Fsp3) is 0.409. The molecule has 6 heteroatoms. The fourth-order valence-electron chi connectivity index (χ4n) is 4.06. The molecule has 2 aliphatic heterocycles. The van der Waals surface area contributed by atoms with Crippen LogP contribution in [0.5, 0.6) is 17.2 Å². The fourth-order valence-corrected chi connectivity index (χ4v) is 4.06. The molecule has 148 valence electrons. The number of methoxy groups -OCH3 is 1. The standard InChI is InChI=1S/C22H25NO5/c1-26-19-12-21-20(27-8-9-28-21)11-18(19)14-23-7-3-6-17(13-23)15-4-2-5-16(10-15)22(24)25/h2,4-5,10-12,17H,3,6-9,13-14H2,1H3,(H,24,25)/t17-/m1/s1. The molecule has 2 aromatic carbocycles. The van der Waals surface area contributed by atoms with E-state index in [9.17, 15) is 9.90 Å². The molecule has 0 spiro atoms. The zero-order valence-electron chi connectivity index (χ0n) is 16.0. The summed E-state index contributed by atoms with van der Waals surface area (Å²) in [5, 5.41) is 9.26. The van der Waals surface area contributed by atoms with Crippen LogP contribution in [0.15, 0.2) is 36.4 Å². The molecule has 0 saturated carbocycles. The maximum Gasteiger partial charge on any atom is 0.335 e. The average Bonchev–Trinajstić information content (AvgIpc) is 2.73. The third-order valence-electron chi connectivity index (χ3n) is 5.45. The molecule has 0 bridgehead atoms. The second kappa shape index (κ2) is 8.10. The molecule has 1 N–H and O–H groups in total. The van der Waals surface area contributed by atoms with Gasteiger partial charge in [0.15, 0.2) is 11.5 Å².